The van der Waals surface area contributed by atoms with Crippen molar-refractivity contribution in [2.24, 2.45) is 0 Å². The third-order valence-electron chi connectivity index (χ3n) is 5.84. The number of nitrogens with zero attached hydrogens (tertiary/aromatic N) is 3. The SMILES string of the molecule is Cc1nn(-c2ccc(F)cc2)c(Cl)c1[C@@H]1Nc2ccccc2C(=O)N1C[C@H]1CCCO1. The number of anilines is 1. The molecule has 1 amide bonds. The largest absolute Gasteiger partial charge is 0.376 e. The molecule has 0 saturated carbocycles. The number of carbonyl (C=O) groups excluding carboxylic acids is 1. The number of aromatic nitrogens is 2. The third kappa shape index (κ3) is 3.58. The van der Waals surface area contributed by atoms with E-state index in [-0.39, 0.29) is 17.8 Å². The van der Waals surface area contributed by atoms with Crippen LogP contribution < -0.4 is 5.32 Å². The van der Waals surface area contributed by atoms with Crippen molar-refractivity contribution in [3.8, 4) is 5.69 Å². The Morgan fingerprint density at radius 3 is 2.74 bits per heavy atom. The Balaban J connectivity index is 1.58. The number of hydrogen-bond acceptors (Lipinski definition) is 4. The molecule has 0 aliphatic carbocycles. The molecule has 2 aromatic carbocycles. The monoisotopic (exact) mass is 440 g/mol. The number of ether oxygens (including phenoxy) is 1. The van der Waals surface area contributed by atoms with Gasteiger partial charge in [0.2, 0.25) is 0 Å². The first-order valence-electron chi connectivity index (χ1n) is 10.3. The topological polar surface area (TPSA) is 59.4 Å². The zero-order valence-corrected chi connectivity index (χ0v) is 17.8. The Hall–Kier alpha value is -2.90. The molecule has 0 unspecified atom stereocenters. The van der Waals surface area contributed by atoms with E-state index >= 15 is 0 Å². The highest BCUT2D eigenvalue weighted by Crippen LogP contribution is 2.38. The first-order chi connectivity index (χ1) is 15.0. The molecule has 3 aromatic rings. The molecule has 8 heteroatoms. The van der Waals surface area contributed by atoms with E-state index in [1.165, 1.54) is 12.1 Å². The number of halogens is 2. The normalized spacial score (nSPS) is 20.6. The Kier molecular flexibility index (Phi) is 5.16. The summed E-state index contributed by atoms with van der Waals surface area (Å²) in [6.45, 7) is 3.03. The maximum absolute atomic E-state index is 13.4. The molecule has 160 valence electrons. The van der Waals surface area contributed by atoms with Gasteiger partial charge in [0.15, 0.2) is 0 Å². The van der Waals surface area contributed by atoms with Crippen molar-refractivity contribution in [1.29, 1.82) is 0 Å². The molecule has 0 spiro atoms. The van der Waals surface area contributed by atoms with Crippen molar-refractivity contribution in [2.75, 3.05) is 18.5 Å². The maximum Gasteiger partial charge on any atom is 0.257 e. The van der Waals surface area contributed by atoms with Crippen LogP contribution in [0.5, 0.6) is 0 Å². The number of hydrogen-bond donors (Lipinski definition) is 1. The van der Waals surface area contributed by atoms with Gasteiger partial charge in [0, 0.05) is 18.8 Å². The first kappa shape index (κ1) is 20.0. The highest BCUT2D eigenvalue weighted by atomic mass is 35.5. The summed E-state index contributed by atoms with van der Waals surface area (Å²) >= 11 is 6.79. The molecule has 3 heterocycles. The Bertz CT molecular complexity index is 1130. The van der Waals surface area contributed by atoms with Crippen LogP contribution >= 0.6 is 11.6 Å². The zero-order chi connectivity index (χ0) is 21.5. The fraction of sp³-hybridized carbons (Fsp3) is 0.304. The second kappa shape index (κ2) is 7.98. The van der Waals surface area contributed by atoms with Gasteiger partial charge in [-0.3, -0.25) is 4.79 Å². The second-order valence-corrected chi connectivity index (χ2v) is 8.22. The van der Waals surface area contributed by atoms with Crippen LogP contribution in [0.3, 0.4) is 0 Å². The van der Waals surface area contributed by atoms with Crippen LogP contribution in [-0.4, -0.2) is 39.8 Å². The number of benzene rings is 2. The molecule has 1 aromatic heterocycles. The van der Waals surface area contributed by atoms with Gasteiger partial charge in [0.25, 0.3) is 5.91 Å². The number of aryl methyl sites for hydroxylation is 1. The van der Waals surface area contributed by atoms with Gasteiger partial charge in [-0.25, -0.2) is 9.07 Å². The number of fused-ring (bicyclic) bond motifs is 1. The van der Waals surface area contributed by atoms with Crippen molar-refractivity contribution < 1.29 is 13.9 Å². The summed E-state index contributed by atoms with van der Waals surface area (Å²) in [5.41, 5.74) is 3.43. The molecule has 1 fully saturated rings. The Morgan fingerprint density at radius 1 is 1.23 bits per heavy atom. The van der Waals surface area contributed by atoms with E-state index in [0.29, 0.717) is 40.8 Å². The summed E-state index contributed by atoms with van der Waals surface area (Å²) in [6, 6.07) is 13.4. The second-order valence-electron chi connectivity index (χ2n) is 7.86. The minimum absolute atomic E-state index is 0.00950. The molecular weight excluding hydrogens is 419 g/mol. The summed E-state index contributed by atoms with van der Waals surface area (Å²) in [5.74, 6) is -0.400. The molecule has 2 atom stereocenters. The van der Waals surface area contributed by atoms with Crippen molar-refractivity contribution in [1.82, 2.24) is 14.7 Å². The van der Waals surface area contributed by atoms with Crippen LogP contribution in [0.15, 0.2) is 48.5 Å². The van der Waals surface area contributed by atoms with E-state index in [4.69, 9.17) is 16.3 Å². The summed E-state index contributed by atoms with van der Waals surface area (Å²) in [4.78, 5) is 15.2. The smallest absolute Gasteiger partial charge is 0.257 e. The molecule has 1 N–H and O–H groups in total. The lowest BCUT2D eigenvalue weighted by atomic mass is 10.0. The minimum Gasteiger partial charge on any atom is -0.376 e. The molecule has 5 rings (SSSR count). The molecule has 1 saturated heterocycles. The van der Waals surface area contributed by atoms with Crippen LogP contribution in [-0.2, 0) is 4.74 Å². The molecule has 2 aliphatic heterocycles. The van der Waals surface area contributed by atoms with Gasteiger partial charge >= 0.3 is 0 Å². The first-order valence-corrected chi connectivity index (χ1v) is 10.7. The maximum atomic E-state index is 13.4. The Morgan fingerprint density at radius 2 is 2.00 bits per heavy atom. The van der Waals surface area contributed by atoms with Gasteiger partial charge in [-0.05, 0) is 56.2 Å². The molecule has 6 nitrogen and oxygen atoms in total. The lowest BCUT2D eigenvalue weighted by molar-refractivity contribution is 0.0426. The fourth-order valence-electron chi connectivity index (χ4n) is 4.29. The predicted octanol–water partition coefficient (Wildman–Crippen LogP) is 4.72. The van der Waals surface area contributed by atoms with Gasteiger partial charge < -0.3 is 15.0 Å². The standard InChI is InChI=1S/C23H22ClFN4O2/c1-14-20(21(24)29(27-14)16-10-8-15(25)9-11-16)22-26-19-7-3-2-6-18(19)23(30)28(22)13-17-5-4-12-31-17/h2-3,6-11,17,22,26H,4-5,12-13H2,1H3/t17-,22-/m1/s1. The lowest BCUT2D eigenvalue weighted by Crippen LogP contribution is -2.46. The van der Waals surface area contributed by atoms with E-state index < -0.39 is 6.17 Å². The Labute approximate surface area is 184 Å². The molecule has 0 bridgehead atoms. The van der Waals surface area contributed by atoms with Crippen LogP contribution in [0.2, 0.25) is 5.15 Å². The van der Waals surface area contributed by atoms with Gasteiger partial charge in [0.05, 0.1) is 28.6 Å². The summed E-state index contributed by atoms with van der Waals surface area (Å²) < 4.78 is 20.8. The molecular formula is C23H22ClFN4O2. The number of amides is 1. The van der Waals surface area contributed by atoms with Gasteiger partial charge in [-0.1, -0.05) is 23.7 Å². The highest BCUT2D eigenvalue weighted by Gasteiger charge is 2.38. The van der Waals surface area contributed by atoms with Gasteiger partial charge in [0.1, 0.15) is 17.1 Å². The number of para-hydroxylation sites is 1. The number of carbonyl (C=O) groups is 1. The van der Waals surface area contributed by atoms with E-state index in [2.05, 4.69) is 10.4 Å². The summed E-state index contributed by atoms with van der Waals surface area (Å²) in [6.07, 6.45) is 1.40. The van der Waals surface area contributed by atoms with Crippen molar-refractivity contribution in [3.63, 3.8) is 0 Å². The highest BCUT2D eigenvalue weighted by molar-refractivity contribution is 6.30. The number of rotatable bonds is 4. The van der Waals surface area contributed by atoms with E-state index in [9.17, 15) is 9.18 Å². The molecule has 0 radical (unpaired) electrons. The lowest BCUT2D eigenvalue weighted by Gasteiger charge is -2.39. The van der Waals surface area contributed by atoms with Gasteiger partial charge in [-0.2, -0.15) is 5.10 Å². The quantitative estimate of drug-likeness (QED) is 0.637. The molecule has 2 aliphatic rings. The predicted molar refractivity (Wildman–Crippen MR) is 116 cm³/mol. The van der Waals surface area contributed by atoms with E-state index in [1.54, 1.807) is 21.7 Å². The minimum atomic E-state index is -0.492. The van der Waals surface area contributed by atoms with Crippen molar-refractivity contribution in [2.45, 2.75) is 32.0 Å². The van der Waals surface area contributed by atoms with Crippen LogP contribution in [0.25, 0.3) is 5.69 Å². The third-order valence-corrected chi connectivity index (χ3v) is 6.20. The average molecular weight is 441 g/mol. The van der Waals surface area contributed by atoms with Crippen LogP contribution in [0.1, 0.15) is 40.6 Å². The average Bonchev–Trinajstić information content (AvgIpc) is 3.38. The molecule has 31 heavy (non-hydrogen) atoms. The summed E-state index contributed by atoms with van der Waals surface area (Å²) in [7, 11) is 0. The van der Waals surface area contributed by atoms with Crippen LogP contribution in [0, 0.1) is 12.7 Å². The summed E-state index contributed by atoms with van der Waals surface area (Å²) in [5, 5.41) is 8.44. The fourth-order valence-corrected chi connectivity index (χ4v) is 4.67. The van der Waals surface area contributed by atoms with E-state index in [1.807, 2.05) is 31.2 Å². The number of nitrogens with one attached hydrogen (secondary N) is 1. The van der Waals surface area contributed by atoms with Crippen molar-refractivity contribution >= 4 is 23.2 Å². The van der Waals surface area contributed by atoms with Crippen molar-refractivity contribution in [3.05, 3.63) is 76.3 Å². The van der Waals surface area contributed by atoms with Gasteiger partial charge in [-0.15, -0.1) is 0 Å². The van der Waals surface area contributed by atoms with E-state index in [0.717, 1.165) is 18.5 Å². The zero-order valence-electron chi connectivity index (χ0n) is 17.0. The van der Waals surface area contributed by atoms with Crippen LogP contribution in [0.4, 0.5) is 10.1 Å².